The van der Waals surface area contributed by atoms with Crippen molar-refractivity contribution >= 4 is 63.0 Å². The number of nitriles is 1. The molecule has 3 heteroatoms. The zero-order valence-electron chi connectivity index (χ0n) is 28.0. The van der Waals surface area contributed by atoms with E-state index < -0.39 is 0 Å². The minimum absolute atomic E-state index is 0.664. The summed E-state index contributed by atoms with van der Waals surface area (Å²) in [7, 11) is 0. The van der Waals surface area contributed by atoms with Gasteiger partial charge in [0.25, 0.3) is 0 Å². The van der Waals surface area contributed by atoms with Gasteiger partial charge in [-0.1, -0.05) is 127 Å². The molecule has 0 radical (unpaired) electrons. The van der Waals surface area contributed by atoms with E-state index in [2.05, 4.69) is 164 Å². The lowest BCUT2D eigenvalue weighted by Gasteiger charge is -2.19. The number of hydrogen-bond acceptors (Lipinski definition) is 3. The van der Waals surface area contributed by atoms with Gasteiger partial charge in [-0.05, 0) is 104 Å². The first kappa shape index (κ1) is 30.5. The first-order valence-electron chi connectivity index (χ1n) is 17.4. The molecule has 0 aliphatic heterocycles. The largest absolute Gasteiger partial charge is 0.192 e. The van der Waals surface area contributed by atoms with E-state index in [4.69, 9.17) is 0 Å². The fourth-order valence-electron chi connectivity index (χ4n) is 7.78. The number of thiophene rings is 2. The van der Waals surface area contributed by atoms with Crippen LogP contribution in [0.15, 0.2) is 176 Å². The van der Waals surface area contributed by atoms with Gasteiger partial charge in [0, 0.05) is 40.3 Å². The van der Waals surface area contributed by atoms with Crippen LogP contribution in [0.4, 0.5) is 0 Å². The molecule has 0 fully saturated rings. The van der Waals surface area contributed by atoms with Crippen LogP contribution in [0, 0.1) is 11.3 Å². The second-order valence-corrected chi connectivity index (χ2v) is 15.3. The van der Waals surface area contributed by atoms with Crippen LogP contribution in [-0.4, -0.2) is 0 Å². The van der Waals surface area contributed by atoms with Crippen LogP contribution in [0.3, 0.4) is 0 Å². The van der Waals surface area contributed by atoms with Crippen LogP contribution >= 0.6 is 22.7 Å². The van der Waals surface area contributed by atoms with Crippen LogP contribution in [0.25, 0.3) is 96.0 Å². The van der Waals surface area contributed by atoms with Gasteiger partial charge in [0.15, 0.2) is 0 Å². The Kier molecular flexibility index (Phi) is 7.32. The molecule has 0 atom stereocenters. The molecule has 0 saturated carbocycles. The Morgan fingerprint density at radius 3 is 1.81 bits per heavy atom. The van der Waals surface area contributed by atoms with Crippen molar-refractivity contribution in [2.24, 2.45) is 0 Å². The molecule has 52 heavy (non-hydrogen) atoms. The Morgan fingerprint density at radius 1 is 0.346 bits per heavy atom. The summed E-state index contributed by atoms with van der Waals surface area (Å²) < 4.78 is 5.15. The number of hydrogen-bond donors (Lipinski definition) is 0. The molecule has 0 aliphatic rings. The van der Waals surface area contributed by atoms with Crippen molar-refractivity contribution in [3.8, 4) is 61.7 Å². The van der Waals surface area contributed by atoms with E-state index in [0.29, 0.717) is 5.56 Å². The SMILES string of the molecule is N#Cc1ccccc1-c1cc(-c2ccccc2)cc(-c2c(-c3ccc4c(c3)sc3ccccc34)cccc2-c2cccc3sc4ccccc4c23)c1. The second kappa shape index (κ2) is 12.5. The summed E-state index contributed by atoms with van der Waals surface area (Å²) in [4.78, 5) is 0. The highest BCUT2D eigenvalue weighted by molar-refractivity contribution is 7.26. The molecule has 2 heterocycles. The highest BCUT2D eigenvalue weighted by Crippen LogP contribution is 2.48. The van der Waals surface area contributed by atoms with Gasteiger partial charge < -0.3 is 0 Å². The van der Waals surface area contributed by atoms with E-state index >= 15 is 0 Å². The zero-order valence-corrected chi connectivity index (χ0v) is 29.6. The number of benzene rings is 8. The molecule has 0 N–H and O–H groups in total. The summed E-state index contributed by atoms with van der Waals surface area (Å²) in [6.45, 7) is 0. The summed E-state index contributed by atoms with van der Waals surface area (Å²) in [5, 5.41) is 15.4. The van der Waals surface area contributed by atoms with Crippen molar-refractivity contribution in [1.29, 1.82) is 5.26 Å². The lowest BCUT2D eigenvalue weighted by Crippen LogP contribution is -1.94. The Labute approximate surface area is 309 Å². The van der Waals surface area contributed by atoms with Gasteiger partial charge in [-0.15, -0.1) is 22.7 Å². The molecule has 0 bridgehead atoms. The molecule has 0 amide bonds. The van der Waals surface area contributed by atoms with Crippen molar-refractivity contribution in [2.75, 3.05) is 0 Å². The second-order valence-electron chi connectivity index (χ2n) is 13.1. The third-order valence-electron chi connectivity index (χ3n) is 10.1. The molecule has 242 valence electrons. The maximum absolute atomic E-state index is 10.2. The van der Waals surface area contributed by atoms with E-state index in [0.717, 1.165) is 27.8 Å². The molecule has 10 aromatic rings. The van der Waals surface area contributed by atoms with Crippen LogP contribution < -0.4 is 0 Å². The molecule has 1 nitrogen and oxygen atoms in total. The molecule has 0 spiro atoms. The lowest BCUT2D eigenvalue weighted by molar-refractivity contribution is 1.47. The predicted octanol–water partition coefficient (Wildman–Crippen LogP) is 14.6. The minimum atomic E-state index is 0.664. The summed E-state index contributed by atoms with van der Waals surface area (Å²) in [6.07, 6.45) is 0. The average molecular weight is 696 g/mol. The van der Waals surface area contributed by atoms with Crippen LogP contribution in [-0.2, 0) is 0 Å². The smallest absolute Gasteiger partial charge is 0.0998 e. The van der Waals surface area contributed by atoms with Crippen LogP contribution in [0.1, 0.15) is 5.56 Å². The third-order valence-corrected chi connectivity index (χ3v) is 12.4. The first-order chi connectivity index (χ1) is 25.7. The Hall–Kier alpha value is -6.31. The molecule has 8 aromatic carbocycles. The molecule has 0 aliphatic carbocycles. The maximum Gasteiger partial charge on any atom is 0.0998 e. The Bertz CT molecular complexity index is 3030. The van der Waals surface area contributed by atoms with E-state index in [-0.39, 0.29) is 0 Å². The summed E-state index contributed by atoms with van der Waals surface area (Å²) >= 11 is 3.70. The van der Waals surface area contributed by atoms with Gasteiger partial charge in [-0.2, -0.15) is 5.26 Å². The number of nitrogens with zero attached hydrogens (tertiary/aromatic N) is 1. The maximum atomic E-state index is 10.2. The monoisotopic (exact) mass is 695 g/mol. The topological polar surface area (TPSA) is 23.8 Å². The Morgan fingerprint density at radius 2 is 0.942 bits per heavy atom. The summed E-state index contributed by atoms with van der Waals surface area (Å²) in [5.74, 6) is 0. The third kappa shape index (κ3) is 5.04. The van der Waals surface area contributed by atoms with E-state index in [1.54, 1.807) is 0 Å². The fraction of sp³-hybridized carbons (Fsp3) is 0. The molecular weight excluding hydrogens is 667 g/mol. The van der Waals surface area contributed by atoms with Gasteiger partial charge in [0.1, 0.15) is 0 Å². The van der Waals surface area contributed by atoms with Crippen LogP contribution in [0.2, 0.25) is 0 Å². The molecule has 0 saturated heterocycles. The molecule has 2 aromatic heterocycles. The van der Waals surface area contributed by atoms with Crippen molar-refractivity contribution in [3.63, 3.8) is 0 Å². The molecule has 0 unspecified atom stereocenters. The first-order valence-corrected chi connectivity index (χ1v) is 19.0. The molecular formula is C49H29NS2. The van der Waals surface area contributed by atoms with Crippen LogP contribution in [0.5, 0.6) is 0 Å². The summed E-state index contributed by atoms with van der Waals surface area (Å²) in [6, 6.07) is 65.7. The average Bonchev–Trinajstić information content (AvgIpc) is 3.79. The van der Waals surface area contributed by atoms with Crippen molar-refractivity contribution in [1.82, 2.24) is 0 Å². The van der Waals surface area contributed by atoms with Gasteiger partial charge in [0.05, 0.1) is 11.6 Å². The standard InChI is InChI=1S/C49H29NS2/c50-30-33-14-4-5-15-37(33)35-26-34(31-12-2-1-3-13-31)27-36(28-35)48-38(32-24-25-40-39-16-6-8-21-44(39)52-47(40)29-32)18-10-19-41(48)42-20-11-23-46-49(42)43-17-7-9-22-45(43)51-46/h1-29H. The van der Waals surface area contributed by atoms with Gasteiger partial charge >= 0.3 is 0 Å². The Balaban J connectivity index is 1.31. The van der Waals surface area contributed by atoms with E-state index in [9.17, 15) is 5.26 Å². The molecule has 10 rings (SSSR count). The quantitative estimate of drug-likeness (QED) is 0.176. The minimum Gasteiger partial charge on any atom is -0.192 e. The highest BCUT2D eigenvalue weighted by atomic mass is 32.1. The van der Waals surface area contributed by atoms with Gasteiger partial charge in [-0.3, -0.25) is 0 Å². The van der Waals surface area contributed by atoms with Gasteiger partial charge in [-0.25, -0.2) is 0 Å². The zero-order chi connectivity index (χ0) is 34.6. The predicted molar refractivity (Wildman–Crippen MR) is 224 cm³/mol. The fourth-order valence-corrected chi connectivity index (χ4v) is 10.1. The van der Waals surface area contributed by atoms with E-state index in [1.807, 2.05) is 40.9 Å². The van der Waals surface area contributed by atoms with Gasteiger partial charge in [0.2, 0.25) is 0 Å². The highest BCUT2D eigenvalue weighted by Gasteiger charge is 2.20. The summed E-state index contributed by atoms with van der Waals surface area (Å²) in [5.41, 5.74) is 11.9. The number of rotatable bonds is 5. The lowest BCUT2D eigenvalue weighted by atomic mass is 9.84. The van der Waals surface area contributed by atoms with Crippen molar-refractivity contribution in [2.45, 2.75) is 0 Å². The van der Waals surface area contributed by atoms with Crippen molar-refractivity contribution in [3.05, 3.63) is 181 Å². The van der Waals surface area contributed by atoms with E-state index in [1.165, 1.54) is 68.2 Å². The number of fused-ring (bicyclic) bond motifs is 6. The van der Waals surface area contributed by atoms with Crippen molar-refractivity contribution < 1.29 is 0 Å². The normalized spacial score (nSPS) is 11.4.